The van der Waals surface area contributed by atoms with Crippen LogP contribution < -0.4 is 4.74 Å². The Hall–Kier alpha value is -2.37. The molecule has 0 amide bonds. The molecule has 32 heavy (non-hydrogen) atoms. The second-order valence-electron chi connectivity index (χ2n) is 9.81. The van der Waals surface area contributed by atoms with Crippen LogP contribution in [-0.2, 0) is 6.42 Å². The lowest BCUT2D eigenvalue weighted by Gasteiger charge is -2.43. The Bertz CT molecular complexity index is 1080. The molecule has 2 bridgehead atoms. The van der Waals surface area contributed by atoms with Gasteiger partial charge in [-0.3, -0.25) is 0 Å². The van der Waals surface area contributed by atoms with Gasteiger partial charge < -0.3 is 19.7 Å². The number of ether oxygens (including phenoxy) is 1. The first-order valence-corrected chi connectivity index (χ1v) is 12.1. The summed E-state index contributed by atoms with van der Waals surface area (Å²) in [6.07, 6.45) is 7.27. The average molecular weight is 434 g/mol. The van der Waals surface area contributed by atoms with Gasteiger partial charge in [-0.15, -0.1) is 0 Å². The quantitative estimate of drug-likeness (QED) is 0.524. The first-order chi connectivity index (χ1) is 15.6. The summed E-state index contributed by atoms with van der Waals surface area (Å²) in [5, 5.41) is 11.7. The molecular formula is C27H35N3O2. The number of hydrogen-bond acceptors (Lipinski definition) is 4. The topological polar surface area (TPSA) is 61.4 Å². The van der Waals surface area contributed by atoms with E-state index in [9.17, 15) is 5.11 Å². The molecule has 5 heteroatoms. The Morgan fingerprint density at radius 1 is 1.12 bits per heavy atom. The molecular weight excluding hydrogens is 398 g/mol. The predicted molar refractivity (Wildman–Crippen MR) is 128 cm³/mol. The fraction of sp³-hybridized carbons (Fsp3) is 0.519. The zero-order valence-corrected chi connectivity index (χ0v) is 19.3. The van der Waals surface area contributed by atoms with E-state index in [-0.39, 0.29) is 5.92 Å². The first-order valence-electron chi connectivity index (χ1n) is 12.1. The van der Waals surface area contributed by atoms with Gasteiger partial charge in [0, 0.05) is 18.9 Å². The van der Waals surface area contributed by atoms with Crippen molar-refractivity contribution in [1.82, 2.24) is 14.9 Å². The highest BCUT2D eigenvalue weighted by Crippen LogP contribution is 2.53. The SMILES string of the molecule is COc1cccc2[nH]c(CCCN(C)CC[C@]3(O)C[C@@H]4CCC[C@H]3c3ccccc34)nc12. The van der Waals surface area contributed by atoms with Crippen LogP contribution in [-0.4, -0.2) is 52.8 Å². The third kappa shape index (κ3) is 4.04. The van der Waals surface area contributed by atoms with E-state index in [4.69, 9.17) is 9.72 Å². The monoisotopic (exact) mass is 433 g/mol. The zero-order chi connectivity index (χ0) is 22.1. The van der Waals surface area contributed by atoms with E-state index in [1.807, 2.05) is 18.2 Å². The summed E-state index contributed by atoms with van der Waals surface area (Å²) in [6, 6.07) is 14.8. The van der Waals surface area contributed by atoms with Crippen LogP contribution in [0.2, 0.25) is 0 Å². The number of para-hydroxylation sites is 1. The van der Waals surface area contributed by atoms with Crippen LogP contribution in [0.25, 0.3) is 11.0 Å². The van der Waals surface area contributed by atoms with Crippen molar-refractivity contribution in [3.05, 3.63) is 59.4 Å². The summed E-state index contributed by atoms with van der Waals surface area (Å²) in [5.41, 5.74) is 4.27. The molecule has 2 N–H and O–H groups in total. The number of aliphatic hydroxyl groups is 1. The van der Waals surface area contributed by atoms with Crippen molar-refractivity contribution in [1.29, 1.82) is 0 Å². The van der Waals surface area contributed by atoms with Crippen LogP contribution in [0.5, 0.6) is 5.75 Å². The summed E-state index contributed by atoms with van der Waals surface area (Å²) in [7, 11) is 3.86. The van der Waals surface area contributed by atoms with Crippen LogP contribution in [0.1, 0.15) is 67.3 Å². The summed E-state index contributed by atoms with van der Waals surface area (Å²) in [5.74, 6) is 2.63. The Balaban J connectivity index is 1.17. The lowest BCUT2D eigenvalue weighted by molar-refractivity contribution is -0.0194. The first kappa shape index (κ1) is 21.5. The zero-order valence-electron chi connectivity index (χ0n) is 19.3. The molecule has 1 saturated carbocycles. The highest BCUT2D eigenvalue weighted by molar-refractivity contribution is 5.81. The molecule has 1 heterocycles. The van der Waals surface area contributed by atoms with Gasteiger partial charge in [0.25, 0.3) is 0 Å². The van der Waals surface area contributed by atoms with Crippen molar-refractivity contribution < 1.29 is 9.84 Å². The Morgan fingerprint density at radius 2 is 1.97 bits per heavy atom. The molecule has 1 aromatic heterocycles. The van der Waals surface area contributed by atoms with Gasteiger partial charge in [-0.05, 0) is 74.9 Å². The van der Waals surface area contributed by atoms with E-state index >= 15 is 0 Å². The number of benzene rings is 2. The van der Waals surface area contributed by atoms with Crippen molar-refractivity contribution in [2.75, 3.05) is 27.2 Å². The van der Waals surface area contributed by atoms with Crippen molar-refractivity contribution in [3.63, 3.8) is 0 Å². The lowest BCUT2D eigenvalue weighted by Crippen LogP contribution is -2.43. The summed E-state index contributed by atoms with van der Waals surface area (Å²) in [6.45, 7) is 1.92. The van der Waals surface area contributed by atoms with Crippen molar-refractivity contribution in [3.8, 4) is 5.75 Å². The minimum atomic E-state index is -0.570. The van der Waals surface area contributed by atoms with Gasteiger partial charge in [-0.2, -0.15) is 0 Å². The second-order valence-corrected chi connectivity index (χ2v) is 9.81. The third-order valence-electron chi connectivity index (χ3n) is 7.73. The number of aromatic amines is 1. The van der Waals surface area contributed by atoms with Crippen LogP contribution in [0.4, 0.5) is 0 Å². The molecule has 1 fully saturated rings. The number of nitrogens with one attached hydrogen (secondary N) is 1. The van der Waals surface area contributed by atoms with E-state index in [0.717, 1.165) is 67.8 Å². The number of hydrogen-bond donors (Lipinski definition) is 2. The largest absolute Gasteiger partial charge is 0.494 e. The van der Waals surface area contributed by atoms with E-state index in [1.54, 1.807) is 7.11 Å². The third-order valence-corrected chi connectivity index (χ3v) is 7.73. The lowest BCUT2D eigenvalue weighted by atomic mass is 9.67. The van der Waals surface area contributed by atoms with E-state index in [2.05, 4.69) is 41.2 Å². The van der Waals surface area contributed by atoms with Gasteiger partial charge in [0.2, 0.25) is 0 Å². The number of aryl methyl sites for hydroxylation is 1. The summed E-state index contributed by atoms with van der Waals surface area (Å²) < 4.78 is 5.42. The van der Waals surface area contributed by atoms with E-state index in [1.165, 1.54) is 24.0 Å². The number of nitrogens with zero attached hydrogens (tertiary/aromatic N) is 2. The van der Waals surface area contributed by atoms with Gasteiger partial charge in [0.05, 0.1) is 18.2 Å². The van der Waals surface area contributed by atoms with Gasteiger partial charge in [-0.25, -0.2) is 4.98 Å². The maximum absolute atomic E-state index is 11.7. The number of methoxy groups -OCH3 is 1. The summed E-state index contributed by atoms with van der Waals surface area (Å²) >= 11 is 0. The fourth-order valence-corrected chi connectivity index (χ4v) is 6.05. The smallest absolute Gasteiger partial charge is 0.146 e. The Kier molecular flexibility index (Phi) is 5.95. The van der Waals surface area contributed by atoms with Crippen molar-refractivity contribution >= 4 is 11.0 Å². The van der Waals surface area contributed by atoms with Gasteiger partial charge in [-0.1, -0.05) is 36.8 Å². The fourth-order valence-electron chi connectivity index (χ4n) is 6.05. The van der Waals surface area contributed by atoms with Crippen LogP contribution >= 0.6 is 0 Å². The molecule has 0 unspecified atom stereocenters. The molecule has 5 nitrogen and oxygen atoms in total. The normalized spacial score (nSPS) is 24.6. The Morgan fingerprint density at radius 3 is 2.81 bits per heavy atom. The van der Waals surface area contributed by atoms with Crippen molar-refractivity contribution in [2.24, 2.45) is 0 Å². The molecule has 6 rings (SSSR count). The van der Waals surface area contributed by atoms with Crippen LogP contribution in [0.3, 0.4) is 0 Å². The van der Waals surface area contributed by atoms with Gasteiger partial charge in [0.15, 0.2) is 0 Å². The number of H-pyrrole nitrogens is 1. The maximum Gasteiger partial charge on any atom is 0.146 e. The number of rotatable bonds is 8. The molecule has 0 radical (unpaired) electrons. The minimum absolute atomic E-state index is 0.288. The molecule has 3 aliphatic carbocycles. The number of fused-ring (bicyclic) bond motifs is 4. The van der Waals surface area contributed by atoms with Crippen molar-refractivity contribution in [2.45, 2.75) is 62.4 Å². The van der Waals surface area contributed by atoms with Gasteiger partial charge in [0.1, 0.15) is 17.1 Å². The molecule has 2 aromatic carbocycles. The molecule has 3 aliphatic rings. The van der Waals surface area contributed by atoms with Crippen LogP contribution in [0, 0.1) is 0 Å². The van der Waals surface area contributed by atoms with Gasteiger partial charge >= 0.3 is 0 Å². The molecule has 170 valence electrons. The highest BCUT2D eigenvalue weighted by atomic mass is 16.5. The average Bonchev–Trinajstić information content (AvgIpc) is 3.03. The second kappa shape index (κ2) is 8.87. The number of imidazole rings is 1. The standard InChI is InChI=1S/C27H35N3O2/c1-30(16-7-14-25-28-23-12-6-13-24(32-2)26(23)29-25)17-15-27(31)18-19-8-5-11-22(27)21-10-4-3-9-20(19)21/h3-4,6,9-10,12-13,19,22,31H,5,7-8,11,14-18H2,1-2H3,(H,28,29)/t19-,22-,27-/m0/s1. The number of aromatic nitrogens is 2. The Labute approximate surface area is 190 Å². The summed E-state index contributed by atoms with van der Waals surface area (Å²) in [4.78, 5) is 10.5. The minimum Gasteiger partial charge on any atom is -0.494 e. The molecule has 0 aliphatic heterocycles. The molecule has 0 saturated heterocycles. The maximum atomic E-state index is 11.7. The molecule has 3 atom stereocenters. The van der Waals surface area contributed by atoms with Crippen LogP contribution in [0.15, 0.2) is 42.5 Å². The molecule has 3 aromatic rings. The molecule has 0 spiro atoms. The highest BCUT2D eigenvalue weighted by Gasteiger charge is 2.46. The van der Waals surface area contributed by atoms with E-state index in [0.29, 0.717) is 5.92 Å². The predicted octanol–water partition coefficient (Wildman–Crippen LogP) is 5.01. The van der Waals surface area contributed by atoms with E-state index < -0.39 is 5.60 Å².